The van der Waals surface area contributed by atoms with Gasteiger partial charge in [0.25, 0.3) is 5.91 Å². The van der Waals surface area contributed by atoms with Crippen molar-refractivity contribution in [3.05, 3.63) is 58.4 Å². The van der Waals surface area contributed by atoms with Gasteiger partial charge in [0.05, 0.1) is 5.02 Å². The van der Waals surface area contributed by atoms with Crippen molar-refractivity contribution in [3.63, 3.8) is 0 Å². The van der Waals surface area contributed by atoms with Crippen LogP contribution >= 0.6 is 11.6 Å². The second-order valence-corrected chi connectivity index (χ2v) is 5.78. The van der Waals surface area contributed by atoms with E-state index in [1.54, 1.807) is 6.07 Å². The number of aryl methyl sites for hydroxylation is 2. The minimum atomic E-state index is -0.675. The van der Waals surface area contributed by atoms with Crippen LogP contribution in [-0.2, 0) is 14.3 Å². The van der Waals surface area contributed by atoms with E-state index in [1.807, 2.05) is 26.0 Å². The molecule has 2 rings (SSSR count). The minimum absolute atomic E-state index is 0.114. The number of esters is 1. The summed E-state index contributed by atoms with van der Waals surface area (Å²) in [6, 6.07) is 9.19. The molecule has 0 atom stereocenters. The molecule has 0 fully saturated rings. The lowest BCUT2D eigenvalue weighted by molar-refractivity contribution is -0.149. The van der Waals surface area contributed by atoms with Gasteiger partial charge in [0, 0.05) is 5.69 Å². The first-order valence-electron chi connectivity index (χ1n) is 7.45. The van der Waals surface area contributed by atoms with Crippen LogP contribution in [0.1, 0.15) is 11.1 Å². The molecule has 25 heavy (non-hydrogen) atoms. The summed E-state index contributed by atoms with van der Waals surface area (Å²) in [5, 5.41) is 2.33. The Morgan fingerprint density at radius 3 is 2.52 bits per heavy atom. The molecule has 2 aromatic rings. The van der Waals surface area contributed by atoms with Crippen molar-refractivity contribution in [2.75, 3.05) is 18.5 Å². The Kier molecular flexibility index (Phi) is 6.36. The van der Waals surface area contributed by atoms with E-state index in [0.717, 1.165) is 17.2 Å². The number of anilines is 1. The molecule has 0 bridgehead atoms. The summed E-state index contributed by atoms with van der Waals surface area (Å²) in [7, 11) is 0. The summed E-state index contributed by atoms with van der Waals surface area (Å²) in [6.45, 7) is 3.12. The molecule has 0 aromatic heterocycles. The number of hydrogen-bond acceptors (Lipinski definition) is 4. The Labute approximate surface area is 149 Å². The van der Waals surface area contributed by atoms with Crippen molar-refractivity contribution in [2.24, 2.45) is 0 Å². The van der Waals surface area contributed by atoms with Crippen LogP contribution in [0, 0.1) is 19.7 Å². The molecule has 5 nitrogen and oxygen atoms in total. The predicted octanol–water partition coefficient (Wildman–Crippen LogP) is 3.66. The Bertz CT molecular complexity index is 795. The summed E-state index contributed by atoms with van der Waals surface area (Å²) >= 11 is 5.62. The highest BCUT2D eigenvalue weighted by atomic mass is 35.5. The molecule has 0 spiro atoms. The first-order chi connectivity index (χ1) is 11.8. The van der Waals surface area contributed by atoms with Gasteiger partial charge in [-0.15, -0.1) is 0 Å². The van der Waals surface area contributed by atoms with Crippen LogP contribution in [0.2, 0.25) is 5.02 Å². The number of rotatable bonds is 6. The smallest absolute Gasteiger partial charge is 0.344 e. The fourth-order valence-corrected chi connectivity index (χ4v) is 2.09. The fourth-order valence-electron chi connectivity index (χ4n) is 1.90. The maximum Gasteiger partial charge on any atom is 0.344 e. The van der Waals surface area contributed by atoms with Crippen molar-refractivity contribution in [1.29, 1.82) is 0 Å². The molecule has 0 aliphatic heterocycles. The zero-order valence-corrected chi connectivity index (χ0v) is 14.5. The van der Waals surface area contributed by atoms with Gasteiger partial charge in [-0.1, -0.05) is 17.7 Å². The lowest BCUT2D eigenvalue weighted by Crippen LogP contribution is -2.23. The summed E-state index contributed by atoms with van der Waals surface area (Å²) in [5.41, 5.74) is 2.47. The van der Waals surface area contributed by atoms with Crippen LogP contribution in [0.25, 0.3) is 0 Å². The Morgan fingerprint density at radius 1 is 1.08 bits per heavy atom. The van der Waals surface area contributed by atoms with E-state index in [9.17, 15) is 14.0 Å². The summed E-state index contributed by atoms with van der Waals surface area (Å²) in [4.78, 5) is 23.3. The maximum absolute atomic E-state index is 13.0. The van der Waals surface area contributed by atoms with Crippen LogP contribution in [0.5, 0.6) is 5.75 Å². The standard InChI is InChI=1S/C18H17ClFNO4/c1-11-3-5-14(7-12(11)2)24-10-18(23)25-9-17(22)21-13-4-6-16(20)15(19)8-13/h3-8H,9-10H2,1-2H3,(H,21,22). The molecule has 0 radical (unpaired) electrons. The van der Waals surface area contributed by atoms with Gasteiger partial charge in [-0.25, -0.2) is 9.18 Å². The zero-order chi connectivity index (χ0) is 18.4. The first kappa shape index (κ1) is 18.7. The molecule has 0 aliphatic carbocycles. The highest BCUT2D eigenvalue weighted by Gasteiger charge is 2.10. The van der Waals surface area contributed by atoms with Crippen molar-refractivity contribution >= 4 is 29.2 Å². The first-order valence-corrected chi connectivity index (χ1v) is 7.83. The molecule has 132 valence electrons. The average molecular weight is 366 g/mol. The van der Waals surface area contributed by atoms with Crippen LogP contribution in [0.3, 0.4) is 0 Å². The molecule has 0 aliphatic rings. The molecular weight excluding hydrogens is 349 g/mol. The second-order valence-electron chi connectivity index (χ2n) is 5.37. The van der Waals surface area contributed by atoms with E-state index in [2.05, 4.69) is 5.32 Å². The van der Waals surface area contributed by atoms with Gasteiger partial charge < -0.3 is 14.8 Å². The molecule has 0 heterocycles. The zero-order valence-electron chi connectivity index (χ0n) is 13.8. The van der Waals surface area contributed by atoms with E-state index >= 15 is 0 Å². The summed E-state index contributed by atoms with van der Waals surface area (Å²) < 4.78 is 23.2. The quantitative estimate of drug-likeness (QED) is 0.793. The molecular formula is C18H17ClFNO4. The van der Waals surface area contributed by atoms with Crippen molar-refractivity contribution in [3.8, 4) is 5.75 Å². The van der Waals surface area contributed by atoms with E-state index in [4.69, 9.17) is 21.1 Å². The third-order valence-corrected chi connectivity index (χ3v) is 3.69. The Morgan fingerprint density at radius 2 is 1.84 bits per heavy atom. The van der Waals surface area contributed by atoms with Gasteiger partial charge >= 0.3 is 5.97 Å². The third-order valence-electron chi connectivity index (χ3n) is 3.40. The Balaban J connectivity index is 1.76. The molecule has 7 heteroatoms. The highest BCUT2D eigenvalue weighted by Crippen LogP contribution is 2.19. The van der Waals surface area contributed by atoms with Gasteiger partial charge in [-0.2, -0.15) is 0 Å². The predicted molar refractivity (Wildman–Crippen MR) is 92.4 cm³/mol. The van der Waals surface area contributed by atoms with Gasteiger partial charge in [-0.05, 0) is 55.3 Å². The van der Waals surface area contributed by atoms with Crippen molar-refractivity contribution in [2.45, 2.75) is 13.8 Å². The Hall–Kier alpha value is -2.60. The molecule has 0 saturated carbocycles. The summed E-state index contributed by atoms with van der Waals surface area (Å²) in [6.07, 6.45) is 0. The number of ether oxygens (including phenoxy) is 2. The number of amides is 1. The number of benzene rings is 2. The van der Waals surface area contributed by atoms with Gasteiger partial charge in [0.15, 0.2) is 13.2 Å². The van der Waals surface area contributed by atoms with Crippen LogP contribution < -0.4 is 10.1 Å². The van der Waals surface area contributed by atoms with Crippen LogP contribution in [-0.4, -0.2) is 25.1 Å². The highest BCUT2D eigenvalue weighted by molar-refractivity contribution is 6.31. The van der Waals surface area contributed by atoms with Gasteiger partial charge in [0.1, 0.15) is 11.6 Å². The number of carbonyl (C=O) groups excluding carboxylic acids is 2. The lowest BCUT2D eigenvalue weighted by atomic mass is 10.1. The lowest BCUT2D eigenvalue weighted by Gasteiger charge is -2.09. The number of carbonyl (C=O) groups is 2. The fraction of sp³-hybridized carbons (Fsp3) is 0.222. The number of nitrogens with one attached hydrogen (secondary N) is 1. The maximum atomic E-state index is 13.0. The number of halogens is 2. The summed E-state index contributed by atoms with van der Waals surface area (Å²) in [5.74, 6) is -1.28. The van der Waals surface area contributed by atoms with Crippen LogP contribution in [0.15, 0.2) is 36.4 Å². The van der Waals surface area contributed by atoms with E-state index < -0.39 is 24.3 Å². The van der Waals surface area contributed by atoms with E-state index in [1.165, 1.54) is 12.1 Å². The SMILES string of the molecule is Cc1ccc(OCC(=O)OCC(=O)Nc2ccc(F)c(Cl)c2)cc1C. The van der Waals surface area contributed by atoms with Crippen molar-refractivity contribution in [1.82, 2.24) is 0 Å². The monoisotopic (exact) mass is 365 g/mol. The molecule has 0 saturated heterocycles. The average Bonchev–Trinajstić information content (AvgIpc) is 2.57. The van der Waals surface area contributed by atoms with Gasteiger partial charge in [-0.3, -0.25) is 4.79 Å². The van der Waals surface area contributed by atoms with E-state index in [0.29, 0.717) is 11.4 Å². The third kappa shape index (κ3) is 5.76. The second kappa shape index (κ2) is 8.48. The molecule has 1 N–H and O–H groups in total. The molecule has 0 unspecified atom stereocenters. The number of hydrogen-bond donors (Lipinski definition) is 1. The molecule has 2 aromatic carbocycles. The largest absolute Gasteiger partial charge is 0.482 e. The van der Waals surface area contributed by atoms with Gasteiger partial charge in [0.2, 0.25) is 0 Å². The minimum Gasteiger partial charge on any atom is -0.482 e. The van der Waals surface area contributed by atoms with Crippen molar-refractivity contribution < 1.29 is 23.5 Å². The van der Waals surface area contributed by atoms with Crippen LogP contribution in [0.4, 0.5) is 10.1 Å². The normalized spacial score (nSPS) is 10.2. The molecule has 1 amide bonds. The topological polar surface area (TPSA) is 64.6 Å². The van der Waals surface area contributed by atoms with E-state index in [-0.39, 0.29) is 11.6 Å².